The van der Waals surface area contributed by atoms with Gasteiger partial charge in [-0.2, -0.15) is 13.2 Å². The Labute approximate surface area is 179 Å². The summed E-state index contributed by atoms with van der Waals surface area (Å²) in [6, 6.07) is 4.00. The van der Waals surface area contributed by atoms with Crippen molar-refractivity contribution in [3.05, 3.63) is 51.5 Å². The molecular formula is C20H20F3N5O2S. The molecule has 1 saturated heterocycles. The van der Waals surface area contributed by atoms with Crippen LogP contribution in [-0.4, -0.2) is 45.9 Å². The van der Waals surface area contributed by atoms with Gasteiger partial charge in [0.05, 0.1) is 23.5 Å². The minimum Gasteiger partial charge on any atom is -0.355 e. The van der Waals surface area contributed by atoms with E-state index in [1.165, 1.54) is 33.4 Å². The summed E-state index contributed by atoms with van der Waals surface area (Å²) in [5.41, 5.74) is -0.486. The van der Waals surface area contributed by atoms with Gasteiger partial charge in [0, 0.05) is 26.3 Å². The number of hydrogen-bond donors (Lipinski definition) is 1. The number of hydrogen-bond acceptors (Lipinski definition) is 6. The standard InChI is InChI=1S/C20H20F3N5O2S/c1-27(11-15-25-14-6-9-31-16(14)18(29)26-15)19(30)12-4-3-8-28(10-12)17-13(20(21,22)23)5-2-7-24-17/h2,5-7,9,12H,3-4,8,10-11H2,1H3,(H,25,26,29). The summed E-state index contributed by atoms with van der Waals surface area (Å²) in [4.78, 5) is 39.1. The molecule has 31 heavy (non-hydrogen) atoms. The van der Waals surface area contributed by atoms with Crippen molar-refractivity contribution in [2.24, 2.45) is 5.92 Å². The zero-order valence-electron chi connectivity index (χ0n) is 16.6. The zero-order chi connectivity index (χ0) is 22.2. The molecule has 1 amide bonds. The Morgan fingerprint density at radius 3 is 2.97 bits per heavy atom. The molecule has 0 spiro atoms. The molecule has 164 valence electrons. The molecule has 4 rings (SSSR count). The summed E-state index contributed by atoms with van der Waals surface area (Å²) in [5.74, 6) is -0.465. The number of H-pyrrole nitrogens is 1. The molecule has 0 saturated carbocycles. The van der Waals surface area contributed by atoms with Crippen LogP contribution in [0.2, 0.25) is 0 Å². The number of halogens is 3. The normalized spacial score (nSPS) is 17.2. The largest absolute Gasteiger partial charge is 0.419 e. The van der Waals surface area contributed by atoms with Crippen molar-refractivity contribution < 1.29 is 18.0 Å². The van der Waals surface area contributed by atoms with Crippen LogP contribution in [0.1, 0.15) is 24.2 Å². The molecule has 1 fully saturated rings. The van der Waals surface area contributed by atoms with Crippen molar-refractivity contribution in [2.75, 3.05) is 25.0 Å². The van der Waals surface area contributed by atoms with Gasteiger partial charge in [-0.25, -0.2) is 9.97 Å². The maximum Gasteiger partial charge on any atom is 0.419 e. The number of nitrogens with one attached hydrogen (secondary N) is 1. The third-order valence-corrected chi connectivity index (χ3v) is 6.19. The molecule has 1 aliphatic rings. The number of nitrogens with zero attached hydrogens (tertiary/aromatic N) is 4. The Balaban J connectivity index is 1.49. The van der Waals surface area contributed by atoms with E-state index in [9.17, 15) is 22.8 Å². The van der Waals surface area contributed by atoms with Crippen LogP contribution in [0.5, 0.6) is 0 Å². The Bertz CT molecular complexity index is 1160. The van der Waals surface area contributed by atoms with Gasteiger partial charge in [-0.05, 0) is 36.4 Å². The molecule has 4 heterocycles. The smallest absolute Gasteiger partial charge is 0.355 e. The highest BCUT2D eigenvalue weighted by atomic mass is 32.1. The number of pyridine rings is 1. The lowest BCUT2D eigenvalue weighted by atomic mass is 9.96. The molecule has 1 atom stereocenters. The minimum absolute atomic E-state index is 0.105. The van der Waals surface area contributed by atoms with Gasteiger partial charge in [0.25, 0.3) is 5.56 Å². The number of carbonyl (C=O) groups excluding carboxylic acids is 1. The molecule has 3 aromatic rings. The number of fused-ring (bicyclic) bond motifs is 1. The predicted octanol–water partition coefficient (Wildman–Crippen LogP) is 3.27. The summed E-state index contributed by atoms with van der Waals surface area (Å²) in [5, 5.41) is 1.77. The second-order valence-electron chi connectivity index (χ2n) is 7.50. The summed E-state index contributed by atoms with van der Waals surface area (Å²) >= 11 is 1.29. The first-order valence-electron chi connectivity index (χ1n) is 9.72. The molecule has 1 aliphatic heterocycles. The maximum atomic E-state index is 13.4. The van der Waals surface area contributed by atoms with Crippen molar-refractivity contribution in [1.82, 2.24) is 19.9 Å². The average Bonchev–Trinajstić information content (AvgIpc) is 3.22. The first-order chi connectivity index (χ1) is 14.7. The van der Waals surface area contributed by atoms with E-state index in [4.69, 9.17) is 0 Å². The first-order valence-corrected chi connectivity index (χ1v) is 10.6. The van der Waals surface area contributed by atoms with E-state index in [0.717, 1.165) is 6.07 Å². The highest BCUT2D eigenvalue weighted by molar-refractivity contribution is 7.17. The number of aromatic amines is 1. The quantitative estimate of drug-likeness (QED) is 0.659. The molecule has 0 aliphatic carbocycles. The second-order valence-corrected chi connectivity index (χ2v) is 8.42. The van der Waals surface area contributed by atoms with Crippen LogP contribution in [0.4, 0.5) is 19.0 Å². The van der Waals surface area contributed by atoms with Crippen molar-refractivity contribution in [3.63, 3.8) is 0 Å². The van der Waals surface area contributed by atoms with E-state index in [-0.39, 0.29) is 30.4 Å². The summed E-state index contributed by atoms with van der Waals surface area (Å²) in [6.45, 7) is 0.655. The van der Waals surface area contributed by atoms with E-state index in [2.05, 4.69) is 15.0 Å². The molecule has 0 radical (unpaired) electrons. The highest BCUT2D eigenvalue weighted by Crippen LogP contribution is 2.36. The van der Waals surface area contributed by atoms with Gasteiger partial charge in [-0.15, -0.1) is 11.3 Å². The number of thiophene rings is 1. The monoisotopic (exact) mass is 451 g/mol. The Morgan fingerprint density at radius 1 is 1.39 bits per heavy atom. The van der Waals surface area contributed by atoms with E-state index >= 15 is 0 Å². The van der Waals surface area contributed by atoms with Gasteiger partial charge in [0.2, 0.25) is 5.91 Å². The average molecular weight is 451 g/mol. The molecule has 7 nitrogen and oxygen atoms in total. The third kappa shape index (κ3) is 4.41. The van der Waals surface area contributed by atoms with Crippen LogP contribution in [-0.2, 0) is 17.5 Å². The van der Waals surface area contributed by atoms with Gasteiger partial charge in [0.15, 0.2) is 0 Å². The van der Waals surface area contributed by atoms with Gasteiger partial charge in [0.1, 0.15) is 16.3 Å². The summed E-state index contributed by atoms with van der Waals surface area (Å²) in [6.07, 6.45) is -2.05. The fraction of sp³-hybridized carbons (Fsp3) is 0.400. The SMILES string of the molecule is CN(Cc1nc2ccsc2c(=O)[nH]1)C(=O)C1CCCN(c2ncccc2C(F)(F)F)C1. The van der Waals surface area contributed by atoms with Gasteiger partial charge >= 0.3 is 6.18 Å². The Hall–Kier alpha value is -2.95. The lowest BCUT2D eigenvalue weighted by Crippen LogP contribution is -2.44. The van der Waals surface area contributed by atoms with E-state index in [1.807, 2.05) is 0 Å². The van der Waals surface area contributed by atoms with Crippen molar-refractivity contribution in [1.29, 1.82) is 0 Å². The number of carbonyl (C=O) groups is 1. The number of anilines is 1. The summed E-state index contributed by atoms with van der Waals surface area (Å²) < 4.78 is 40.6. The lowest BCUT2D eigenvalue weighted by Gasteiger charge is -2.35. The van der Waals surface area contributed by atoms with Crippen LogP contribution >= 0.6 is 11.3 Å². The molecular weight excluding hydrogens is 431 g/mol. The van der Waals surface area contributed by atoms with Crippen molar-refractivity contribution in [3.8, 4) is 0 Å². The molecule has 11 heteroatoms. The molecule has 1 N–H and O–H groups in total. The number of rotatable bonds is 4. The molecule has 1 unspecified atom stereocenters. The number of piperidine rings is 1. The molecule has 0 bridgehead atoms. The topological polar surface area (TPSA) is 82.2 Å². The van der Waals surface area contributed by atoms with Gasteiger partial charge in [-0.3, -0.25) is 9.59 Å². The van der Waals surface area contributed by atoms with Crippen LogP contribution in [0.3, 0.4) is 0 Å². The molecule has 3 aromatic heterocycles. The number of aromatic nitrogens is 3. The van der Waals surface area contributed by atoms with Gasteiger partial charge in [-0.1, -0.05) is 0 Å². The second kappa shape index (κ2) is 8.29. The predicted molar refractivity (Wildman–Crippen MR) is 111 cm³/mol. The first kappa shape index (κ1) is 21.3. The van der Waals surface area contributed by atoms with E-state index < -0.39 is 17.7 Å². The van der Waals surface area contributed by atoms with E-state index in [1.54, 1.807) is 18.5 Å². The number of amides is 1. The zero-order valence-corrected chi connectivity index (χ0v) is 17.5. The van der Waals surface area contributed by atoms with Crippen LogP contribution < -0.4 is 10.5 Å². The minimum atomic E-state index is -4.52. The Kier molecular flexibility index (Phi) is 5.69. The fourth-order valence-corrected chi connectivity index (χ4v) is 4.58. The summed E-state index contributed by atoms with van der Waals surface area (Å²) in [7, 11) is 1.60. The van der Waals surface area contributed by atoms with Crippen LogP contribution in [0, 0.1) is 5.92 Å². The van der Waals surface area contributed by atoms with Crippen LogP contribution in [0.15, 0.2) is 34.6 Å². The van der Waals surface area contributed by atoms with Crippen LogP contribution in [0.25, 0.3) is 10.2 Å². The molecule has 0 aromatic carbocycles. The Morgan fingerprint density at radius 2 is 2.19 bits per heavy atom. The van der Waals surface area contributed by atoms with Crippen molar-refractivity contribution in [2.45, 2.75) is 25.6 Å². The third-order valence-electron chi connectivity index (χ3n) is 5.29. The lowest BCUT2D eigenvalue weighted by molar-refractivity contribution is -0.137. The number of alkyl halides is 3. The van der Waals surface area contributed by atoms with Crippen molar-refractivity contribution >= 4 is 33.3 Å². The van der Waals surface area contributed by atoms with Gasteiger partial charge < -0.3 is 14.8 Å². The van der Waals surface area contributed by atoms with E-state index in [0.29, 0.717) is 35.4 Å². The maximum absolute atomic E-state index is 13.4. The fourth-order valence-electron chi connectivity index (χ4n) is 3.85. The highest BCUT2D eigenvalue weighted by Gasteiger charge is 2.37.